The second-order valence-electron chi connectivity index (χ2n) is 7.22. The molecule has 3 heterocycles. The predicted molar refractivity (Wildman–Crippen MR) is 107 cm³/mol. The van der Waals surface area contributed by atoms with Crippen molar-refractivity contribution >= 4 is 17.1 Å². The number of pyridine rings is 1. The van der Waals surface area contributed by atoms with E-state index in [2.05, 4.69) is 40.7 Å². The van der Waals surface area contributed by atoms with Gasteiger partial charge in [0.1, 0.15) is 11.3 Å². The molecule has 0 aliphatic carbocycles. The zero-order chi connectivity index (χ0) is 18.6. The highest BCUT2D eigenvalue weighted by atomic mass is 16.2. The monoisotopic (exact) mass is 362 g/mol. The van der Waals surface area contributed by atoms with E-state index in [-0.39, 0.29) is 5.91 Å². The molecule has 1 saturated heterocycles. The molecule has 3 aromatic rings. The molecule has 0 radical (unpaired) electrons. The van der Waals surface area contributed by atoms with Crippen LogP contribution in [0.15, 0.2) is 48.7 Å². The summed E-state index contributed by atoms with van der Waals surface area (Å²) in [7, 11) is 0. The molecular formula is C22H26N4O. The molecule has 1 fully saturated rings. The van der Waals surface area contributed by atoms with Gasteiger partial charge in [-0.15, -0.1) is 0 Å². The normalized spacial score (nSPS) is 16.9. The number of hydrogen-bond donors (Lipinski definition) is 0. The van der Waals surface area contributed by atoms with Crippen molar-refractivity contribution in [3.63, 3.8) is 0 Å². The number of carbonyl (C=O) groups excluding carboxylic acids is 1. The lowest BCUT2D eigenvalue weighted by Crippen LogP contribution is -2.28. The largest absolute Gasteiger partial charge is 0.342 e. The van der Waals surface area contributed by atoms with Crippen LogP contribution < -0.4 is 0 Å². The SMILES string of the molecule is CCn1c([C@H]2CCN(C(=O)CCCc3ccccc3)C2)nc2cccnc21. The van der Waals surface area contributed by atoms with Gasteiger partial charge in [0.15, 0.2) is 5.65 Å². The smallest absolute Gasteiger partial charge is 0.222 e. The lowest BCUT2D eigenvalue weighted by atomic mass is 10.1. The van der Waals surface area contributed by atoms with Crippen LogP contribution in [0.4, 0.5) is 0 Å². The molecule has 0 saturated carbocycles. The molecule has 0 unspecified atom stereocenters. The summed E-state index contributed by atoms with van der Waals surface area (Å²) in [4.78, 5) is 24.0. The van der Waals surface area contributed by atoms with Crippen molar-refractivity contribution < 1.29 is 4.79 Å². The third kappa shape index (κ3) is 3.72. The van der Waals surface area contributed by atoms with Crippen molar-refractivity contribution in [2.24, 2.45) is 0 Å². The minimum atomic E-state index is 0.269. The minimum absolute atomic E-state index is 0.269. The first kappa shape index (κ1) is 17.7. The summed E-state index contributed by atoms with van der Waals surface area (Å²) < 4.78 is 2.20. The summed E-state index contributed by atoms with van der Waals surface area (Å²) in [6.45, 7) is 4.58. The van der Waals surface area contributed by atoms with E-state index in [1.54, 1.807) is 0 Å². The first-order chi connectivity index (χ1) is 13.3. The topological polar surface area (TPSA) is 51.0 Å². The second-order valence-corrected chi connectivity index (χ2v) is 7.22. The number of rotatable bonds is 6. The van der Waals surface area contributed by atoms with Crippen molar-refractivity contribution in [3.05, 3.63) is 60.0 Å². The number of imidazole rings is 1. The molecular weight excluding hydrogens is 336 g/mol. The maximum atomic E-state index is 12.6. The van der Waals surface area contributed by atoms with Crippen LogP contribution in [0.25, 0.3) is 11.2 Å². The van der Waals surface area contributed by atoms with E-state index in [1.807, 2.05) is 29.3 Å². The summed E-state index contributed by atoms with van der Waals surface area (Å²) in [6.07, 6.45) is 5.28. The lowest BCUT2D eigenvalue weighted by molar-refractivity contribution is -0.130. The highest BCUT2D eigenvalue weighted by molar-refractivity contribution is 5.76. The Balaban J connectivity index is 1.38. The van der Waals surface area contributed by atoms with Crippen LogP contribution >= 0.6 is 0 Å². The number of benzene rings is 1. The summed E-state index contributed by atoms with van der Waals surface area (Å²) in [5.41, 5.74) is 3.19. The van der Waals surface area contributed by atoms with Crippen molar-refractivity contribution in [1.82, 2.24) is 19.4 Å². The molecule has 1 aromatic carbocycles. The number of carbonyl (C=O) groups is 1. The van der Waals surface area contributed by atoms with Crippen molar-refractivity contribution in [1.29, 1.82) is 0 Å². The second kappa shape index (κ2) is 7.91. The van der Waals surface area contributed by atoms with Gasteiger partial charge in [0.2, 0.25) is 5.91 Å². The quantitative estimate of drug-likeness (QED) is 0.670. The van der Waals surface area contributed by atoms with Gasteiger partial charge in [0.25, 0.3) is 0 Å². The average Bonchev–Trinajstić information content (AvgIpc) is 3.33. The number of fused-ring (bicyclic) bond motifs is 1. The Kier molecular flexibility index (Phi) is 5.19. The van der Waals surface area contributed by atoms with Crippen molar-refractivity contribution in [3.8, 4) is 0 Å². The van der Waals surface area contributed by atoms with Gasteiger partial charge in [-0.25, -0.2) is 9.97 Å². The fraction of sp³-hybridized carbons (Fsp3) is 0.409. The maximum absolute atomic E-state index is 12.6. The molecule has 1 aliphatic heterocycles. The molecule has 4 rings (SSSR count). The summed E-state index contributed by atoms with van der Waals surface area (Å²) >= 11 is 0. The minimum Gasteiger partial charge on any atom is -0.342 e. The fourth-order valence-corrected chi connectivity index (χ4v) is 4.04. The van der Waals surface area contributed by atoms with E-state index in [4.69, 9.17) is 4.98 Å². The Bertz CT molecular complexity index is 918. The number of amides is 1. The molecule has 0 spiro atoms. The van der Waals surface area contributed by atoms with E-state index in [0.717, 1.165) is 55.9 Å². The molecule has 5 nitrogen and oxygen atoms in total. The molecule has 2 aromatic heterocycles. The van der Waals surface area contributed by atoms with E-state index in [0.29, 0.717) is 12.3 Å². The molecule has 1 aliphatic rings. The molecule has 5 heteroatoms. The van der Waals surface area contributed by atoms with Gasteiger partial charge in [-0.05, 0) is 43.9 Å². The Morgan fingerprint density at radius 3 is 2.85 bits per heavy atom. The van der Waals surface area contributed by atoms with Gasteiger partial charge in [0, 0.05) is 38.2 Å². The number of nitrogens with zero attached hydrogens (tertiary/aromatic N) is 4. The summed E-state index contributed by atoms with van der Waals surface area (Å²) in [5, 5.41) is 0. The van der Waals surface area contributed by atoms with Gasteiger partial charge < -0.3 is 9.47 Å². The Labute approximate surface area is 160 Å². The Hall–Kier alpha value is -2.69. The summed E-state index contributed by atoms with van der Waals surface area (Å²) in [6, 6.07) is 14.3. The van der Waals surface area contributed by atoms with Gasteiger partial charge in [0.05, 0.1) is 0 Å². The highest BCUT2D eigenvalue weighted by Crippen LogP contribution is 2.29. The van der Waals surface area contributed by atoms with Crippen LogP contribution in [0.2, 0.25) is 0 Å². The maximum Gasteiger partial charge on any atom is 0.222 e. The fourth-order valence-electron chi connectivity index (χ4n) is 4.04. The first-order valence-corrected chi connectivity index (χ1v) is 9.89. The lowest BCUT2D eigenvalue weighted by Gasteiger charge is -2.17. The average molecular weight is 362 g/mol. The first-order valence-electron chi connectivity index (χ1n) is 9.89. The van der Waals surface area contributed by atoms with E-state index < -0.39 is 0 Å². The molecule has 27 heavy (non-hydrogen) atoms. The van der Waals surface area contributed by atoms with Gasteiger partial charge in [-0.2, -0.15) is 0 Å². The Morgan fingerprint density at radius 1 is 1.19 bits per heavy atom. The predicted octanol–water partition coefficient (Wildman–Crippen LogP) is 3.79. The number of hydrogen-bond acceptors (Lipinski definition) is 3. The number of aryl methyl sites for hydroxylation is 2. The van der Waals surface area contributed by atoms with Crippen molar-refractivity contribution in [2.45, 2.75) is 45.1 Å². The van der Waals surface area contributed by atoms with E-state index >= 15 is 0 Å². The standard InChI is InChI=1S/C22H26N4O/c1-2-26-21(24-19-11-7-14-23-22(19)26)18-13-15-25(16-18)20(27)12-6-10-17-8-4-3-5-9-17/h3-5,7-9,11,14,18H,2,6,10,12-13,15-16H2,1H3/t18-/m0/s1. The van der Waals surface area contributed by atoms with Gasteiger partial charge in [-0.3, -0.25) is 4.79 Å². The Morgan fingerprint density at radius 2 is 2.04 bits per heavy atom. The van der Waals surface area contributed by atoms with E-state index in [9.17, 15) is 4.79 Å². The van der Waals surface area contributed by atoms with Crippen LogP contribution in [0.1, 0.15) is 43.5 Å². The van der Waals surface area contributed by atoms with Gasteiger partial charge in [-0.1, -0.05) is 30.3 Å². The number of likely N-dealkylation sites (tertiary alicyclic amines) is 1. The molecule has 1 amide bonds. The number of aromatic nitrogens is 3. The highest BCUT2D eigenvalue weighted by Gasteiger charge is 2.30. The molecule has 140 valence electrons. The van der Waals surface area contributed by atoms with Crippen LogP contribution in [0.3, 0.4) is 0 Å². The molecule has 1 atom stereocenters. The molecule has 0 N–H and O–H groups in total. The van der Waals surface area contributed by atoms with E-state index in [1.165, 1.54) is 5.56 Å². The third-order valence-electron chi connectivity index (χ3n) is 5.45. The zero-order valence-electron chi connectivity index (χ0n) is 15.8. The summed E-state index contributed by atoms with van der Waals surface area (Å²) in [5.74, 6) is 1.65. The molecule has 0 bridgehead atoms. The van der Waals surface area contributed by atoms with Crippen LogP contribution in [0, 0.1) is 0 Å². The van der Waals surface area contributed by atoms with Crippen molar-refractivity contribution in [2.75, 3.05) is 13.1 Å². The van der Waals surface area contributed by atoms with Crippen LogP contribution in [-0.2, 0) is 17.8 Å². The zero-order valence-corrected chi connectivity index (χ0v) is 15.8. The van der Waals surface area contributed by atoms with Crippen LogP contribution in [0.5, 0.6) is 0 Å². The van der Waals surface area contributed by atoms with Crippen LogP contribution in [-0.4, -0.2) is 38.4 Å². The van der Waals surface area contributed by atoms with Gasteiger partial charge >= 0.3 is 0 Å². The third-order valence-corrected chi connectivity index (χ3v) is 5.45.